The lowest BCUT2D eigenvalue weighted by atomic mass is 10.1. The first-order valence-electron chi connectivity index (χ1n) is 9.21. The summed E-state index contributed by atoms with van der Waals surface area (Å²) in [4.78, 5) is 29.9. The Morgan fingerprint density at radius 2 is 1.97 bits per heavy atom. The highest BCUT2D eigenvalue weighted by Crippen LogP contribution is 2.14. The third kappa shape index (κ3) is 4.70. The van der Waals surface area contributed by atoms with E-state index < -0.39 is 0 Å². The van der Waals surface area contributed by atoms with Crippen molar-refractivity contribution >= 4 is 33.8 Å². The minimum absolute atomic E-state index is 0.0927. The van der Waals surface area contributed by atoms with Gasteiger partial charge in [-0.15, -0.1) is 11.3 Å². The smallest absolute Gasteiger partial charge is 0.255 e. The number of anilines is 1. The molecule has 0 aliphatic rings. The first kappa shape index (κ1) is 18.9. The molecule has 4 aromatic rings. The van der Waals surface area contributed by atoms with Gasteiger partial charge in [-0.3, -0.25) is 14.0 Å². The molecule has 0 spiro atoms. The van der Waals surface area contributed by atoms with Crippen LogP contribution in [0, 0.1) is 6.92 Å². The summed E-state index contributed by atoms with van der Waals surface area (Å²) in [5.41, 5.74) is 4.06. The van der Waals surface area contributed by atoms with Gasteiger partial charge in [-0.05, 0) is 36.8 Å². The van der Waals surface area contributed by atoms with Gasteiger partial charge in [0.2, 0.25) is 5.91 Å². The number of amides is 2. The molecular formula is C22H20N4O2S. The zero-order valence-electron chi connectivity index (χ0n) is 15.9. The summed E-state index contributed by atoms with van der Waals surface area (Å²) in [6.45, 7) is 2.37. The summed E-state index contributed by atoms with van der Waals surface area (Å²) < 4.78 is 1.91. The van der Waals surface area contributed by atoms with Crippen LogP contribution in [0.15, 0.2) is 66.3 Å². The Morgan fingerprint density at radius 3 is 2.76 bits per heavy atom. The van der Waals surface area contributed by atoms with E-state index in [1.54, 1.807) is 12.1 Å². The van der Waals surface area contributed by atoms with E-state index in [0.29, 0.717) is 17.8 Å². The van der Waals surface area contributed by atoms with Crippen LogP contribution < -0.4 is 10.6 Å². The zero-order chi connectivity index (χ0) is 20.2. The average Bonchev–Trinajstić information content (AvgIpc) is 3.29. The number of aromatic nitrogens is 2. The lowest BCUT2D eigenvalue weighted by Crippen LogP contribution is -2.24. The van der Waals surface area contributed by atoms with Crippen molar-refractivity contribution in [2.45, 2.75) is 19.9 Å². The molecule has 2 aromatic heterocycles. The minimum Gasteiger partial charge on any atom is -0.352 e. The predicted molar refractivity (Wildman–Crippen MR) is 114 cm³/mol. The topological polar surface area (TPSA) is 75.5 Å². The third-order valence-electron chi connectivity index (χ3n) is 4.47. The Bertz CT molecular complexity index is 1130. The molecule has 0 bridgehead atoms. The molecule has 2 N–H and O–H groups in total. The molecule has 146 valence electrons. The second kappa shape index (κ2) is 8.28. The first-order valence-corrected chi connectivity index (χ1v) is 10.1. The van der Waals surface area contributed by atoms with E-state index in [1.807, 2.05) is 65.5 Å². The molecule has 6 nitrogen and oxygen atoms in total. The van der Waals surface area contributed by atoms with E-state index in [2.05, 4.69) is 15.6 Å². The van der Waals surface area contributed by atoms with Crippen LogP contribution in [0.3, 0.4) is 0 Å². The number of carbonyl (C=O) groups excluding carboxylic acids is 2. The number of carbonyl (C=O) groups is 2. The van der Waals surface area contributed by atoms with Crippen LogP contribution in [0.1, 0.15) is 27.2 Å². The summed E-state index contributed by atoms with van der Waals surface area (Å²) >= 11 is 1.54. The van der Waals surface area contributed by atoms with Gasteiger partial charge in [0, 0.05) is 35.6 Å². The Kier molecular flexibility index (Phi) is 5.39. The number of benzene rings is 2. The molecule has 7 heteroatoms. The minimum atomic E-state index is -0.161. The summed E-state index contributed by atoms with van der Waals surface area (Å²) in [7, 11) is 0. The van der Waals surface area contributed by atoms with Crippen LogP contribution in [-0.4, -0.2) is 21.2 Å². The highest BCUT2D eigenvalue weighted by atomic mass is 32.1. The molecule has 0 fully saturated rings. The van der Waals surface area contributed by atoms with E-state index in [1.165, 1.54) is 11.3 Å². The van der Waals surface area contributed by atoms with Gasteiger partial charge in [-0.25, -0.2) is 4.98 Å². The lowest BCUT2D eigenvalue weighted by molar-refractivity contribution is -0.120. The maximum atomic E-state index is 12.4. The molecule has 2 heterocycles. The van der Waals surface area contributed by atoms with Crippen molar-refractivity contribution in [2.75, 3.05) is 5.32 Å². The first-order chi connectivity index (χ1) is 14.1. The number of nitrogens with one attached hydrogen (secondary N) is 2. The third-order valence-corrected chi connectivity index (χ3v) is 5.24. The fourth-order valence-electron chi connectivity index (χ4n) is 2.96. The molecule has 2 aromatic carbocycles. The van der Waals surface area contributed by atoms with Gasteiger partial charge in [0.25, 0.3) is 5.91 Å². The van der Waals surface area contributed by atoms with Gasteiger partial charge in [0.15, 0.2) is 4.96 Å². The predicted octanol–water partition coefficient (Wildman–Crippen LogP) is 3.82. The number of nitrogens with zero attached hydrogens (tertiary/aromatic N) is 2. The van der Waals surface area contributed by atoms with Crippen LogP contribution in [-0.2, 0) is 17.8 Å². The standard InChI is InChI=1S/C22H20N4O2S/c1-15-5-7-17(8-6-15)21(28)24-18-4-2-3-16(11-18)13-23-20(27)12-19-14-26-9-10-29-22(26)25-19/h2-11,14H,12-13H2,1H3,(H,23,27)(H,24,28). The van der Waals surface area contributed by atoms with Crippen LogP contribution in [0.4, 0.5) is 5.69 Å². The van der Waals surface area contributed by atoms with Gasteiger partial charge in [0.05, 0.1) is 12.1 Å². The quantitative estimate of drug-likeness (QED) is 0.513. The number of imidazole rings is 1. The Hall–Kier alpha value is -3.45. The van der Waals surface area contributed by atoms with Gasteiger partial charge in [0.1, 0.15) is 0 Å². The molecule has 0 aliphatic heterocycles. The maximum Gasteiger partial charge on any atom is 0.255 e. The molecule has 0 saturated carbocycles. The van der Waals surface area contributed by atoms with Crippen LogP contribution in [0.2, 0.25) is 0 Å². The van der Waals surface area contributed by atoms with E-state index in [-0.39, 0.29) is 18.2 Å². The van der Waals surface area contributed by atoms with Gasteiger partial charge in [-0.1, -0.05) is 29.8 Å². The van der Waals surface area contributed by atoms with Crippen LogP contribution >= 0.6 is 11.3 Å². The number of hydrogen-bond donors (Lipinski definition) is 2. The van der Waals surface area contributed by atoms with Crippen molar-refractivity contribution in [2.24, 2.45) is 0 Å². The maximum absolute atomic E-state index is 12.4. The molecule has 2 amide bonds. The van der Waals surface area contributed by atoms with E-state index >= 15 is 0 Å². The highest BCUT2D eigenvalue weighted by Gasteiger charge is 2.09. The second-order valence-electron chi connectivity index (χ2n) is 6.80. The van der Waals surface area contributed by atoms with Crippen molar-refractivity contribution in [1.82, 2.24) is 14.7 Å². The summed E-state index contributed by atoms with van der Waals surface area (Å²) in [6.07, 6.45) is 4.02. The molecule has 0 saturated heterocycles. The van der Waals surface area contributed by atoms with Crippen molar-refractivity contribution in [3.05, 3.63) is 88.7 Å². The monoisotopic (exact) mass is 404 g/mol. The van der Waals surface area contributed by atoms with E-state index in [0.717, 1.165) is 21.8 Å². The highest BCUT2D eigenvalue weighted by molar-refractivity contribution is 7.15. The number of thiazole rings is 1. The van der Waals surface area contributed by atoms with Crippen molar-refractivity contribution in [3.63, 3.8) is 0 Å². The molecule has 0 atom stereocenters. The molecule has 4 rings (SSSR count). The fraction of sp³-hybridized carbons (Fsp3) is 0.136. The summed E-state index contributed by atoms with van der Waals surface area (Å²) in [6, 6.07) is 14.9. The van der Waals surface area contributed by atoms with Gasteiger partial charge >= 0.3 is 0 Å². The molecule has 29 heavy (non-hydrogen) atoms. The number of fused-ring (bicyclic) bond motifs is 1. The zero-order valence-corrected chi connectivity index (χ0v) is 16.7. The number of hydrogen-bond acceptors (Lipinski definition) is 4. The van der Waals surface area contributed by atoms with Gasteiger partial charge < -0.3 is 10.6 Å². The second-order valence-corrected chi connectivity index (χ2v) is 7.67. The molecule has 0 aliphatic carbocycles. The molecular weight excluding hydrogens is 384 g/mol. The van der Waals surface area contributed by atoms with Crippen molar-refractivity contribution < 1.29 is 9.59 Å². The lowest BCUT2D eigenvalue weighted by Gasteiger charge is -2.09. The summed E-state index contributed by atoms with van der Waals surface area (Å²) in [5, 5.41) is 7.75. The van der Waals surface area contributed by atoms with E-state index in [4.69, 9.17) is 0 Å². The number of rotatable bonds is 6. The molecule has 0 unspecified atom stereocenters. The Balaban J connectivity index is 1.33. The SMILES string of the molecule is Cc1ccc(C(=O)Nc2cccc(CNC(=O)Cc3cn4ccsc4n3)c2)cc1. The van der Waals surface area contributed by atoms with Crippen LogP contribution in [0.5, 0.6) is 0 Å². The Labute approximate surface area is 172 Å². The normalized spacial score (nSPS) is 10.8. The molecule has 0 radical (unpaired) electrons. The van der Waals surface area contributed by atoms with Crippen LogP contribution in [0.25, 0.3) is 4.96 Å². The number of aryl methyl sites for hydroxylation is 1. The Morgan fingerprint density at radius 1 is 1.14 bits per heavy atom. The van der Waals surface area contributed by atoms with Gasteiger partial charge in [-0.2, -0.15) is 0 Å². The largest absolute Gasteiger partial charge is 0.352 e. The summed E-state index contributed by atoms with van der Waals surface area (Å²) in [5.74, 6) is -0.254. The fourth-order valence-corrected chi connectivity index (χ4v) is 3.68. The average molecular weight is 404 g/mol. The van der Waals surface area contributed by atoms with E-state index in [9.17, 15) is 9.59 Å². The van der Waals surface area contributed by atoms with Crippen molar-refractivity contribution in [3.8, 4) is 0 Å². The van der Waals surface area contributed by atoms with Crippen molar-refractivity contribution in [1.29, 1.82) is 0 Å².